The molecule has 1 nitrogen and oxygen atoms in total. The van der Waals surface area contributed by atoms with Crippen molar-refractivity contribution in [3.63, 3.8) is 0 Å². The standard InChI is InChI=1S/C14H23N/c1-12-9-13(2)11-14(10-12)7-5-3-4-6-8-15/h9-11H,3-8,15H2,1-2H3. The van der Waals surface area contributed by atoms with E-state index in [1.807, 2.05) is 0 Å². The quantitative estimate of drug-likeness (QED) is 0.708. The van der Waals surface area contributed by atoms with Gasteiger partial charge in [-0.3, -0.25) is 0 Å². The molecule has 2 N–H and O–H groups in total. The molecule has 0 aromatic heterocycles. The SMILES string of the molecule is Cc1cc(C)cc(CCCCCCN)c1. The van der Waals surface area contributed by atoms with Gasteiger partial charge in [0.1, 0.15) is 0 Å². The van der Waals surface area contributed by atoms with Crippen LogP contribution in [-0.4, -0.2) is 6.54 Å². The van der Waals surface area contributed by atoms with Gasteiger partial charge in [0.15, 0.2) is 0 Å². The zero-order chi connectivity index (χ0) is 11.1. The molecule has 0 unspecified atom stereocenters. The highest BCUT2D eigenvalue weighted by molar-refractivity contribution is 5.28. The Morgan fingerprint density at radius 1 is 0.867 bits per heavy atom. The van der Waals surface area contributed by atoms with Crippen molar-refractivity contribution in [3.8, 4) is 0 Å². The van der Waals surface area contributed by atoms with E-state index in [9.17, 15) is 0 Å². The lowest BCUT2D eigenvalue weighted by Gasteiger charge is -2.04. The monoisotopic (exact) mass is 205 g/mol. The van der Waals surface area contributed by atoms with Crippen LogP contribution in [0, 0.1) is 13.8 Å². The van der Waals surface area contributed by atoms with Crippen LogP contribution in [0.5, 0.6) is 0 Å². The fourth-order valence-corrected chi connectivity index (χ4v) is 2.04. The van der Waals surface area contributed by atoms with Crippen molar-refractivity contribution in [2.75, 3.05) is 6.54 Å². The highest BCUT2D eigenvalue weighted by Gasteiger charge is 1.96. The summed E-state index contributed by atoms with van der Waals surface area (Å²) in [6.45, 7) is 5.18. The minimum atomic E-state index is 0.837. The van der Waals surface area contributed by atoms with Gasteiger partial charge in [0.25, 0.3) is 0 Å². The van der Waals surface area contributed by atoms with E-state index in [2.05, 4.69) is 32.0 Å². The van der Waals surface area contributed by atoms with E-state index in [-0.39, 0.29) is 0 Å². The molecule has 1 rings (SSSR count). The van der Waals surface area contributed by atoms with E-state index in [0.29, 0.717) is 0 Å². The van der Waals surface area contributed by atoms with Gasteiger partial charge in [0, 0.05) is 0 Å². The minimum Gasteiger partial charge on any atom is -0.330 e. The summed E-state index contributed by atoms with van der Waals surface area (Å²) < 4.78 is 0. The Bertz CT molecular complexity index is 271. The molecule has 0 aliphatic carbocycles. The lowest BCUT2D eigenvalue weighted by Crippen LogP contribution is -1.97. The second-order valence-corrected chi connectivity index (χ2v) is 4.45. The molecule has 0 saturated heterocycles. The van der Waals surface area contributed by atoms with Crippen LogP contribution in [0.4, 0.5) is 0 Å². The van der Waals surface area contributed by atoms with Crippen LogP contribution < -0.4 is 5.73 Å². The van der Waals surface area contributed by atoms with E-state index < -0.39 is 0 Å². The second-order valence-electron chi connectivity index (χ2n) is 4.45. The summed E-state index contributed by atoms with van der Waals surface area (Å²) in [5.41, 5.74) is 9.71. The Hall–Kier alpha value is -0.820. The molecule has 84 valence electrons. The van der Waals surface area contributed by atoms with Crippen LogP contribution >= 0.6 is 0 Å². The Balaban J connectivity index is 2.31. The molecule has 0 saturated carbocycles. The third kappa shape index (κ3) is 4.98. The van der Waals surface area contributed by atoms with Crippen LogP contribution in [0.1, 0.15) is 42.4 Å². The molecular formula is C14H23N. The highest BCUT2D eigenvalue weighted by atomic mass is 14.5. The Kier molecular flexibility index (Phi) is 5.41. The molecule has 0 heterocycles. The molecule has 0 atom stereocenters. The molecule has 0 bridgehead atoms. The number of benzene rings is 1. The first-order chi connectivity index (χ1) is 7.22. The summed E-state index contributed by atoms with van der Waals surface area (Å²) in [4.78, 5) is 0. The Morgan fingerprint density at radius 3 is 2.07 bits per heavy atom. The van der Waals surface area contributed by atoms with Crippen molar-refractivity contribution in [1.82, 2.24) is 0 Å². The summed E-state index contributed by atoms with van der Waals surface area (Å²) in [6, 6.07) is 6.84. The largest absolute Gasteiger partial charge is 0.330 e. The average molecular weight is 205 g/mol. The summed E-state index contributed by atoms with van der Waals surface area (Å²) in [7, 11) is 0. The van der Waals surface area contributed by atoms with Gasteiger partial charge in [0.05, 0.1) is 0 Å². The van der Waals surface area contributed by atoms with E-state index in [1.54, 1.807) is 0 Å². The molecule has 0 amide bonds. The number of hydrogen-bond donors (Lipinski definition) is 1. The van der Waals surface area contributed by atoms with Crippen LogP contribution in [0.3, 0.4) is 0 Å². The predicted octanol–water partition coefficient (Wildman–Crippen LogP) is 3.37. The molecule has 0 aliphatic heterocycles. The van der Waals surface area contributed by atoms with Gasteiger partial charge < -0.3 is 5.73 Å². The number of aryl methyl sites for hydroxylation is 3. The van der Waals surface area contributed by atoms with Gasteiger partial charge in [-0.25, -0.2) is 0 Å². The Labute approximate surface area is 93.7 Å². The average Bonchev–Trinajstić information content (AvgIpc) is 2.16. The lowest BCUT2D eigenvalue weighted by atomic mass is 10.0. The van der Waals surface area contributed by atoms with Crippen molar-refractivity contribution < 1.29 is 0 Å². The van der Waals surface area contributed by atoms with Crippen LogP contribution in [0.25, 0.3) is 0 Å². The molecule has 0 aliphatic rings. The van der Waals surface area contributed by atoms with Crippen molar-refractivity contribution in [2.45, 2.75) is 46.0 Å². The van der Waals surface area contributed by atoms with Gasteiger partial charge in [0.2, 0.25) is 0 Å². The van der Waals surface area contributed by atoms with Gasteiger partial charge in [-0.15, -0.1) is 0 Å². The maximum Gasteiger partial charge on any atom is -0.00773 e. The molecule has 0 radical (unpaired) electrons. The maximum atomic E-state index is 5.46. The van der Waals surface area contributed by atoms with Crippen LogP contribution in [0.15, 0.2) is 18.2 Å². The summed E-state index contributed by atoms with van der Waals surface area (Å²) in [6.07, 6.45) is 6.27. The van der Waals surface area contributed by atoms with Gasteiger partial charge in [-0.05, 0) is 45.2 Å². The number of unbranched alkanes of at least 4 members (excludes halogenated alkanes) is 3. The molecule has 15 heavy (non-hydrogen) atoms. The zero-order valence-corrected chi connectivity index (χ0v) is 10.1. The molecule has 0 spiro atoms. The summed E-state index contributed by atoms with van der Waals surface area (Å²) in [5.74, 6) is 0. The fraction of sp³-hybridized carbons (Fsp3) is 0.571. The first-order valence-electron chi connectivity index (χ1n) is 5.99. The summed E-state index contributed by atoms with van der Waals surface area (Å²) >= 11 is 0. The van der Waals surface area contributed by atoms with E-state index >= 15 is 0 Å². The maximum absolute atomic E-state index is 5.46. The van der Waals surface area contributed by atoms with E-state index in [0.717, 1.165) is 6.54 Å². The normalized spacial score (nSPS) is 10.6. The molecule has 1 aromatic carbocycles. The first kappa shape index (κ1) is 12.3. The number of nitrogens with two attached hydrogens (primary N) is 1. The summed E-state index contributed by atoms with van der Waals surface area (Å²) in [5, 5.41) is 0. The van der Waals surface area contributed by atoms with E-state index in [1.165, 1.54) is 48.8 Å². The molecule has 0 fully saturated rings. The van der Waals surface area contributed by atoms with Gasteiger partial charge in [-0.2, -0.15) is 0 Å². The third-order valence-corrected chi connectivity index (χ3v) is 2.70. The zero-order valence-electron chi connectivity index (χ0n) is 10.1. The van der Waals surface area contributed by atoms with Gasteiger partial charge >= 0.3 is 0 Å². The number of hydrogen-bond acceptors (Lipinski definition) is 1. The van der Waals surface area contributed by atoms with Gasteiger partial charge in [-0.1, -0.05) is 42.2 Å². The van der Waals surface area contributed by atoms with Crippen LogP contribution in [-0.2, 0) is 6.42 Å². The van der Waals surface area contributed by atoms with Crippen molar-refractivity contribution in [3.05, 3.63) is 34.9 Å². The lowest BCUT2D eigenvalue weighted by molar-refractivity contribution is 0.646. The van der Waals surface area contributed by atoms with Crippen LogP contribution in [0.2, 0.25) is 0 Å². The van der Waals surface area contributed by atoms with Crippen molar-refractivity contribution in [2.24, 2.45) is 5.73 Å². The predicted molar refractivity (Wildman–Crippen MR) is 67.1 cm³/mol. The topological polar surface area (TPSA) is 26.0 Å². The highest BCUT2D eigenvalue weighted by Crippen LogP contribution is 2.12. The molecular weight excluding hydrogens is 182 g/mol. The fourth-order valence-electron chi connectivity index (χ4n) is 2.04. The third-order valence-electron chi connectivity index (χ3n) is 2.70. The minimum absolute atomic E-state index is 0.837. The molecule has 1 heteroatoms. The second kappa shape index (κ2) is 6.62. The van der Waals surface area contributed by atoms with Crippen molar-refractivity contribution >= 4 is 0 Å². The van der Waals surface area contributed by atoms with Crippen molar-refractivity contribution in [1.29, 1.82) is 0 Å². The number of rotatable bonds is 6. The Morgan fingerprint density at radius 2 is 1.47 bits per heavy atom. The first-order valence-corrected chi connectivity index (χ1v) is 5.99. The van der Waals surface area contributed by atoms with E-state index in [4.69, 9.17) is 5.73 Å². The molecule has 1 aromatic rings. The smallest absolute Gasteiger partial charge is 0.00773 e.